The predicted octanol–water partition coefficient (Wildman–Crippen LogP) is 4.43. The van der Waals surface area contributed by atoms with Crippen LogP contribution in [0, 0.1) is 0 Å². The summed E-state index contributed by atoms with van der Waals surface area (Å²) < 4.78 is 6.10. The third-order valence-corrected chi connectivity index (χ3v) is 7.91. The number of amides is 3. The van der Waals surface area contributed by atoms with Gasteiger partial charge < -0.3 is 25.9 Å². The van der Waals surface area contributed by atoms with E-state index in [0.717, 1.165) is 21.6 Å². The van der Waals surface area contributed by atoms with Gasteiger partial charge in [-0.15, -0.1) is 11.3 Å². The zero-order chi connectivity index (χ0) is 31.1. The average molecular weight is 615 g/mol. The van der Waals surface area contributed by atoms with Crippen LogP contribution in [0.2, 0.25) is 0 Å². The number of nitrogens with zero attached hydrogens (tertiary/aromatic N) is 2. The molecule has 44 heavy (non-hydrogen) atoms. The Hall–Kier alpha value is -5.27. The van der Waals surface area contributed by atoms with Crippen molar-refractivity contribution in [3.8, 4) is 27.3 Å². The molecule has 0 unspecified atom stereocenters. The van der Waals surface area contributed by atoms with Gasteiger partial charge in [-0.05, 0) is 65.4 Å². The van der Waals surface area contributed by atoms with E-state index in [2.05, 4.69) is 26.1 Å². The van der Waals surface area contributed by atoms with Gasteiger partial charge in [0.25, 0.3) is 17.7 Å². The number of hydrogen-bond donors (Lipinski definition) is 6. The molecule has 0 saturated heterocycles. The van der Waals surface area contributed by atoms with Crippen molar-refractivity contribution in [2.24, 2.45) is 5.16 Å². The van der Waals surface area contributed by atoms with Crippen molar-refractivity contribution in [2.45, 2.75) is 26.3 Å². The zero-order valence-corrected chi connectivity index (χ0v) is 24.5. The number of nitrogens with one attached hydrogen (secondary N) is 4. The molecule has 3 amide bonds. The second-order valence-electron chi connectivity index (χ2n) is 9.83. The fourth-order valence-corrected chi connectivity index (χ4v) is 5.77. The summed E-state index contributed by atoms with van der Waals surface area (Å²) in [6, 6.07) is 15.6. The minimum Gasteiger partial charge on any atom is -0.493 e. The van der Waals surface area contributed by atoms with Crippen molar-refractivity contribution in [2.75, 3.05) is 18.5 Å². The van der Waals surface area contributed by atoms with Gasteiger partial charge in [-0.1, -0.05) is 24.2 Å². The topological polar surface area (TPSA) is 174 Å². The number of carbonyl (C=O) groups excluding carboxylic acids is 3. The molecule has 0 atom stereocenters. The number of fused-ring (bicyclic) bond motifs is 3. The molecule has 5 rings (SSSR count). The Morgan fingerprint density at radius 3 is 2.59 bits per heavy atom. The lowest BCUT2D eigenvalue weighted by Gasteiger charge is -2.17. The Kier molecular flexibility index (Phi) is 9.47. The van der Waals surface area contributed by atoms with Crippen LogP contribution in [0.25, 0.3) is 21.6 Å². The quantitative estimate of drug-likeness (QED) is 0.0500. The van der Waals surface area contributed by atoms with Gasteiger partial charge in [-0.2, -0.15) is 0 Å². The molecule has 0 radical (unpaired) electrons. The number of ether oxygens (including phenoxy) is 1. The van der Waals surface area contributed by atoms with Crippen LogP contribution in [0.1, 0.15) is 55.8 Å². The average Bonchev–Trinajstić information content (AvgIpc) is 3.45. The first-order valence-corrected chi connectivity index (χ1v) is 14.7. The molecule has 0 fully saturated rings. The molecule has 0 saturated carbocycles. The van der Waals surface area contributed by atoms with Gasteiger partial charge >= 0.3 is 0 Å². The number of anilines is 1. The number of oxime groups is 1. The lowest BCUT2D eigenvalue weighted by molar-refractivity contribution is 0.0701. The maximum Gasteiger partial charge on any atom is 0.293 e. The van der Waals surface area contributed by atoms with E-state index in [1.807, 2.05) is 30.5 Å². The number of thiophene rings is 1. The summed E-state index contributed by atoms with van der Waals surface area (Å²) in [6.07, 6.45) is 2.57. The molecule has 6 N–H and O–H groups in total. The summed E-state index contributed by atoms with van der Waals surface area (Å²) in [5.74, 6) is -1.34. The standard InChI is InChI=1S/C31H30N6O6S/c1-2-11-33-30(39)25-8-7-21(27(36-25)31(40)37-42)22-15-26-24(28-19(9-12-43-26)10-13-44-28)14-23(22)29(38)35-20-5-3-18(4-6-20)16-32-17-34-41/h3-8,10,13-15,17,41-42H,2,9,11-12,16H2,1H3,(H,32,34)(H,33,39)(H,35,38)(H,37,40). The Bertz CT molecular complexity index is 1720. The molecule has 2 aromatic heterocycles. The maximum atomic E-state index is 13.9. The Balaban J connectivity index is 1.60. The molecular weight excluding hydrogens is 584 g/mol. The zero-order valence-electron chi connectivity index (χ0n) is 23.7. The molecule has 2 aromatic carbocycles. The minimum atomic E-state index is -0.941. The number of hydrogen-bond acceptors (Lipinski definition) is 9. The van der Waals surface area contributed by atoms with E-state index in [0.29, 0.717) is 49.5 Å². The number of benzene rings is 2. The van der Waals surface area contributed by atoms with Crippen molar-refractivity contribution in [3.05, 3.63) is 88.1 Å². The van der Waals surface area contributed by atoms with Gasteiger partial charge in [0.1, 0.15) is 23.5 Å². The van der Waals surface area contributed by atoms with Crippen LogP contribution in [0.5, 0.6) is 5.75 Å². The SMILES string of the molecule is CCCNC(=O)c1ccc(-c2cc3c(cc2C(=O)Nc2ccc(CN/C=N/O)cc2)-c2sccc2CCO3)c(C(=O)NO)n1. The van der Waals surface area contributed by atoms with Gasteiger partial charge in [0.15, 0.2) is 0 Å². The van der Waals surface area contributed by atoms with E-state index >= 15 is 0 Å². The summed E-state index contributed by atoms with van der Waals surface area (Å²) in [7, 11) is 0. The first-order chi connectivity index (χ1) is 21.4. The fraction of sp³-hybridized carbons (Fsp3) is 0.194. The minimum absolute atomic E-state index is 0.0131. The molecule has 1 aliphatic rings. The molecule has 13 heteroatoms. The van der Waals surface area contributed by atoms with E-state index in [-0.39, 0.29) is 22.5 Å². The van der Waals surface area contributed by atoms with E-state index in [9.17, 15) is 19.6 Å². The molecule has 4 aromatic rings. The highest BCUT2D eigenvalue weighted by molar-refractivity contribution is 7.13. The van der Waals surface area contributed by atoms with E-state index in [4.69, 9.17) is 9.94 Å². The second kappa shape index (κ2) is 13.8. The van der Waals surface area contributed by atoms with Crippen molar-refractivity contribution in [1.82, 2.24) is 21.1 Å². The van der Waals surface area contributed by atoms with Crippen LogP contribution in [0.3, 0.4) is 0 Å². The number of pyridine rings is 1. The van der Waals surface area contributed by atoms with Gasteiger partial charge in [0, 0.05) is 52.3 Å². The highest BCUT2D eigenvalue weighted by Crippen LogP contribution is 2.43. The van der Waals surface area contributed by atoms with E-state index in [1.165, 1.54) is 18.5 Å². The van der Waals surface area contributed by atoms with Gasteiger partial charge in [0.05, 0.1) is 6.61 Å². The molecule has 3 heterocycles. The maximum absolute atomic E-state index is 13.9. The Morgan fingerprint density at radius 1 is 1.02 bits per heavy atom. The summed E-state index contributed by atoms with van der Waals surface area (Å²) in [6.45, 7) is 3.18. The smallest absolute Gasteiger partial charge is 0.293 e. The van der Waals surface area contributed by atoms with Crippen LogP contribution >= 0.6 is 11.3 Å². The third kappa shape index (κ3) is 6.53. The van der Waals surface area contributed by atoms with Crippen LogP contribution < -0.4 is 26.2 Å². The molecule has 0 aliphatic carbocycles. The molecule has 0 spiro atoms. The molecule has 0 bridgehead atoms. The lowest BCUT2D eigenvalue weighted by Crippen LogP contribution is -2.27. The molecule has 12 nitrogen and oxygen atoms in total. The number of aromatic nitrogens is 1. The summed E-state index contributed by atoms with van der Waals surface area (Å²) in [4.78, 5) is 44.7. The van der Waals surface area contributed by atoms with Crippen LogP contribution in [-0.2, 0) is 13.0 Å². The number of carbonyl (C=O) groups is 3. The second-order valence-corrected chi connectivity index (χ2v) is 10.7. The highest BCUT2D eigenvalue weighted by atomic mass is 32.1. The van der Waals surface area contributed by atoms with Crippen molar-refractivity contribution >= 4 is 41.1 Å². The van der Waals surface area contributed by atoms with E-state index in [1.54, 1.807) is 41.1 Å². The van der Waals surface area contributed by atoms with Gasteiger partial charge in [0.2, 0.25) is 0 Å². The Labute approximate surface area is 256 Å². The summed E-state index contributed by atoms with van der Waals surface area (Å²) >= 11 is 1.54. The summed E-state index contributed by atoms with van der Waals surface area (Å²) in [5.41, 5.74) is 5.41. The molecule has 226 valence electrons. The first-order valence-electron chi connectivity index (χ1n) is 13.8. The summed E-state index contributed by atoms with van der Waals surface area (Å²) in [5, 5.41) is 31.5. The highest BCUT2D eigenvalue weighted by Gasteiger charge is 2.26. The van der Waals surface area contributed by atoms with Crippen molar-refractivity contribution < 1.29 is 29.5 Å². The van der Waals surface area contributed by atoms with Crippen LogP contribution in [-0.4, -0.2) is 52.6 Å². The third-order valence-electron chi connectivity index (χ3n) is 6.92. The van der Waals surface area contributed by atoms with Crippen molar-refractivity contribution in [1.29, 1.82) is 0 Å². The number of hydroxylamine groups is 1. The predicted molar refractivity (Wildman–Crippen MR) is 166 cm³/mol. The molecule has 1 aliphatic heterocycles. The normalized spacial score (nSPS) is 12.0. The van der Waals surface area contributed by atoms with Gasteiger partial charge in [-0.3, -0.25) is 19.6 Å². The Morgan fingerprint density at radius 2 is 1.84 bits per heavy atom. The van der Waals surface area contributed by atoms with Gasteiger partial charge in [-0.25, -0.2) is 10.5 Å². The monoisotopic (exact) mass is 614 g/mol. The van der Waals surface area contributed by atoms with Crippen LogP contribution in [0.4, 0.5) is 5.69 Å². The largest absolute Gasteiger partial charge is 0.493 e. The fourth-order valence-electron chi connectivity index (χ4n) is 4.79. The lowest BCUT2D eigenvalue weighted by atomic mass is 9.93. The number of rotatable bonds is 10. The molecular formula is C31H30N6O6S. The van der Waals surface area contributed by atoms with Crippen LogP contribution in [0.15, 0.2) is 65.1 Å². The first kappa shape index (κ1) is 30.2. The van der Waals surface area contributed by atoms with E-state index < -0.39 is 17.7 Å². The van der Waals surface area contributed by atoms with Crippen molar-refractivity contribution in [3.63, 3.8) is 0 Å².